The third-order valence-corrected chi connectivity index (χ3v) is 5.50. The van der Waals surface area contributed by atoms with E-state index in [1.165, 1.54) is 5.56 Å². The quantitative estimate of drug-likeness (QED) is 0.582. The first kappa shape index (κ1) is 23.5. The number of guanidine groups is 1. The van der Waals surface area contributed by atoms with Crippen molar-refractivity contribution in [3.8, 4) is 5.75 Å². The molecule has 0 bridgehead atoms. The van der Waals surface area contributed by atoms with Gasteiger partial charge in [0.05, 0.1) is 19.7 Å². The van der Waals surface area contributed by atoms with Gasteiger partial charge >= 0.3 is 6.09 Å². The van der Waals surface area contributed by atoms with Gasteiger partial charge in [0, 0.05) is 43.3 Å². The highest BCUT2D eigenvalue weighted by molar-refractivity contribution is 14.0. The standard InChI is InChI=1S/C22H31N5O3.HI/c1-22(2,3)30-21(28)26-10-11-27-16(14-26)13-25-20(27)23-9-8-15-12-24-17-6-5-7-18(29-4)19(15)17;/h5-7,12,16,24H,8-11,13-14H2,1-4H3,(H,23,25);1H. The smallest absolute Gasteiger partial charge is 0.410 e. The van der Waals surface area contributed by atoms with Crippen molar-refractivity contribution in [1.29, 1.82) is 0 Å². The Hall–Kier alpha value is -2.17. The fourth-order valence-corrected chi connectivity index (χ4v) is 4.12. The number of methoxy groups -OCH3 is 1. The number of aliphatic imine (C=N–C) groups is 1. The number of hydrogen-bond acceptors (Lipinski definition) is 6. The van der Waals surface area contributed by atoms with Gasteiger partial charge in [0.1, 0.15) is 11.4 Å². The van der Waals surface area contributed by atoms with Gasteiger partial charge < -0.3 is 29.6 Å². The molecule has 9 heteroatoms. The van der Waals surface area contributed by atoms with E-state index in [-0.39, 0.29) is 36.1 Å². The summed E-state index contributed by atoms with van der Waals surface area (Å²) in [4.78, 5) is 24.4. The first-order valence-electron chi connectivity index (χ1n) is 10.5. The van der Waals surface area contributed by atoms with Crippen LogP contribution in [0.5, 0.6) is 5.75 Å². The van der Waals surface area contributed by atoms with E-state index in [9.17, 15) is 4.79 Å². The summed E-state index contributed by atoms with van der Waals surface area (Å²) < 4.78 is 11.0. The van der Waals surface area contributed by atoms with Gasteiger partial charge in [0.2, 0.25) is 0 Å². The zero-order chi connectivity index (χ0) is 21.3. The van der Waals surface area contributed by atoms with Gasteiger partial charge in [0.25, 0.3) is 0 Å². The number of benzene rings is 1. The molecule has 1 saturated heterocycles. The molecule has 2 aromatic rings. The summed E-state index contributed by atoms with van der Waals surface area (Å²) in [6.07, 6.45) is 2.67. The third kappa shape index (κ3) is 5.19. The molecule has 2 N–H and O–H groups in total. The maximum Gasteiger partial charge on any atom is 0.410 e. The molecule has 2 aliphatic heterocycles. The number of aromatic nitrogens is 1. The van der Waals surface area contributed by atoms with Gasteiger partial charge in [-0.1, -0.05) is 6.07 Å². The lowest BCUT2D eigenvalue weighted by molar-refractivity contribution is 0.0137. The van der Waals surface area contributed by atoms with Crippen molar-refractivity contribution < 1.29 is 14.3 Å². The molecule has 0 spiro atoms. The molecule has 0 saturated carbocycles. The molecule has 0 radical (unpaired) electrons. The van der Waals surface area contributed by atoms with E-state index in [2.05, 4.69) is 26.3 Å². The molecule has 0 aliphatic carbocycles. The van der Waals surface area contributed by atoms with Crippen molar-refractivity contribution in [1.82, 2.24) is 20.1 Å². The number of carbonyl (C=O) groups excluding carboxylic acids is 1. The third-order valence-electron chi connectivity index (χ3n) is 5.50. The SMILES string of the molecule is COc1cccc2[nH]cc(CCNC3=NCC4CN(C(=O)OC(C)(C)C)CCN34)c12.I. The predicted octanol–water partition coefficient (Wildman–Crippen LogP) is 3.22. The Labute approximate surface area is 200 Å². The molecule has 1 aromatic carbocycles. The van der Waals surface area contributed by atoms with E-state index in [1.807, 2.05) is 39.1 Å². The van der Waals surface area contributed by atoms with Gasteiger partial charge in [-0.3, -0.25) is 4.99 Å². The first-order valence-corrected chi connectivity index (χ1v) is 10.5. The molecule has 170 valence electrons. The summed E-state index contributed by atoms with van der Waals surface area (Å²) in [5.41, 5.74) is 1.83. The summed E-state index contributed by atoms with van der Waals surface area (Å²) >= 11 is 0. The van der Waals surface area contributed by atoms with Crippen LogP contribution in [0.25, 0.3) is 10.9 Å². The lowest BCUT2D eigenvalue weighted by Gasteiger charge is -2.39. The summed E-state index contributed by atoms with van der Waals surface area (Å²) in [5, 5.41) is 4.63. The van der Waals surface area contributed by atoms with Crippen LogP contribution in [0.3, 0.4) is 0 Å². The van der Waals surface area contributed by atoms with Crippen LogP contribution < -0.4 is 10.1 Å². The van der Waals surface area contributed by atoms with Crippen molar-refractivity contribution in [3.05, 3.63) is 30.0 Å². The molecule has 1 atom stereocenters. The Morgan fingerprint density at radius 1 is 1.32 bits per heavy atom. The lowest BCUT2D eigenvalue weighted by atomic mass is 10.1. The number of nitrogens with one attached hydrogen (secondary N) is 2. The van der Waals surface area contributed by atoms with Crippen LogP contribution in [0.4, 0.5) is 4.79 Å². The van der Waals surface area contributed by atoms with Gasteiger partial charge in [-0.05, 0) is 44.9 Å². The van der Waals surface area contributed by atoms with Gasteiger partial charge in [-0.2, -0.15) is 0 Å². The minimum atomic E-state index is -0.474. The number of aromatic amines is 1. The fourth-order valence-electron chi connectivity index (χ4n) is 4.12. The van der Waals surface area contributed by atoms with E-state index in [1.54, 1.807) is 12.0 Å². The van der Waals surface area contributed by atoms with E-state index in [0.29, 0.717) is 19.6 Å². The average Bonchev–Trinajstić information content (AvgIpc) is 3.30. The van der Waals surface area contributed by atoms with E-state index < -0.39 is 5.60 Å². The van der Waals surface area contributed by atoms with Crippen molar-refractivity contribution in [2.75, 3.05) is 39.8 Å². The highest BCUT2D eigenvalue weighted by Crippen LogP contribution is 2.28. The van der Waals surface area contributed by atoms with Gasteiger partial charge in [-0.15, -0.1) is 24.0 Å². The van der Waals surface area contributed by atoms with Crippen LogP contribution in [0.1, 0.15) is 26.3 Å². The summed E-state index contributed by atoms with van der Waals surface area (Å²) in [6, 6.07) is 6.25. The van der Waals surface area contributed by atoms with Crippen LogP contribution >= 0.6 is 24.0 Å². The number of hydrogen-bond donors (Lipinski definition) is 2. The molecule has 31 heavy (non-hydrogen) atoms. The fraction of sp³-hybridized carbons (Fsp3) is 0.545. The van der Waals surface area contributed by atoms with Crippen molar-refractivity contribution in [2.45, 2.75) is 38.8 Å². The summed E-state index contributed by atoms with van der Waals surface area (Å²) in [5.74, 6) is 1.82. The highest BCUT2D eigenvalue weighted by Gasteiger charge is 2.36. The molecule has 4 rings (SSSR count). The van der Waals surface area contributed by atoms with Crippen LogP contribution in [0.2, 0.25) is 0 Å². The van der Waals surface area contributed by atoms with E-state index in [4.69, 9.17) is 9.47 Å². The second kappa shape index (κ2) is 9.54. The lowest BCUT2D eigenvalue weighted by Crippen LogP contribution is -2.57. The molecule has 2 aliphatic rings. The number of amides is 1. The number of nitrogens with zero attached hydrogens (tertiary/aromatic N) is 3. The number of H-pyrrole nitrogens is 1. The minimum absolute atomic E-state index is 0. The number of carbonyl (C=O) groups is 1. The van der Waals surface area contributed by atoms with Crippen LogP contribution in [-0.4, -0.2) is 78.3 Å². The molecule has 1 aromatic heterocycles. The molecule has 3 heterocycles. The molecular weight excluding hydrogens is 509 g/mol. The van der Waals surface area contributed by atoms with Crippen LogP contribution in [0, 0.1) is 0 Å². The zero-order valence-electron chi connectivity index (χ0n) is 18.6. The number of fused-ring (bicyclic) bond motifs is 2. The summed E-state index contributed by atoms with van der Waals surface area (Å²) in [7, 11) is 1.70. The Morgan fingerprint density at radius 3 is 2.87 bits per heavy atom. The largest absolute Gasteiger partial charge is 0.496 e. The van der Waals surface area contributed by atoms with Crippen LogP contribution in [0.15, 0.2) is 29.4 Å². The molecule has 8 nitrogen and oxygen atoms in total. The van der Waals surface area contributed by atoms with Gasteiger partial charge in [-0.25, -0.2) is 4.79 Å². The number of piperazine rings is 1. The Kier molecular flexibility index (Phi) is 7.23. The van der Waals surface area contributed by atoms with Crippen LogP contribution in [-0.2, 0) is 11.2 Å². The minimum Gasteiger partial charge on any atom is -0.496 e. The normalized spacial score (nSPS) is 18.3. The Balaban J connectivity index is 0.00000272. The van der Waals surface area contributed by atoms with E-state index >= 15 is 0 Å². The van der Waals surface area contributed by atoms with Crippen molar-refractivity contribution in [2.24, 2.45) is 4.99 Å². The molecular formula is C22H32IN5O3. The topological polar surface area (TPSA) is 82.2 Å². The number of rotatable bonds is 4. The predicted molar refractivity (Wildman–Crippen MR) is 133 cm³/mol. The summed E-state index contributed by atoms with van der Waals surface area (Å²) in [6.45, 7) is 9.21. The molecule has 1 fully saturated rings. The zero-order valence-corrected chi connectivity index (χ0v) is 20.9. The maximum absolute atomic E-state index is 12.4. The maximum atomic E-state index is 12.4. The van der Waals surface area contributed by atoms with Crippen molar-refractivity contribution in [3.63, 3.8) is 0 Å². The van der Waals surface area contributed by atoms with Gasteiger partial charge in [0.15, 0.2) is 5.96 Å². The Bertz CT molecular complexity index is 952. The molecule has 1 unspecified atom stereocenters. The van der Waals surface area contributed by atoms with Crippen molar-refractivity contribution >= 4 is 46.9 Å². The monoisotopic (exact) mass is 541 g/mol. The second-order valence-electron chi connectivity index (χ2n) is 8.81. The Morgan fingerprint density at radius 2 is 2.13 bits per heavy atom. The van der Waals surface area contributed by atoms with E-state index in [0.717, 1.165) is 42.1 Å². The first-order chi connectivity index (χ1) is 14.4. The number of halogens is 1. The number of ether oxygens (including phenoxy) is 2. The highest BCUT2D eigenvalue weighted by atomic mass is 127. The molecule has 1 amide bonds. The second-order valence-corrected chi connectivity index (χ2v) is 8.81. The average molecular weight is 541 g/mol.